The first-order chi connectivity index (χ1) is 12.6. The van der Waals surface area contributed by atoms with Crippen LogP contribution in [0.15, 0.2) is 33.5 Å². The zero-order valence-corrected chi connectivity index (χ0v) is 15.9. The van der Waals surface area contributed by atoms with Crippen LogP contribution in [0.5, 0.6) is 0 Å². The third kappa shape index (κ3) is 4.04. The molecule has 0 bridgehead atoms. The Morgan fingerprint density at radius 3 is 2.88 bits per heavy atom. The molecule has 1 N–H and O–H groups in total. The van der Waals surface area contributed by atoms with Gasteiger partial charge in [0.05, 0.1) is 11.2 Å². The van der Waals surface area contributed by atoms with E-state index in [9.17, 15) is 9.59 Å². The number of fused-ring (bicyclic) bond motifs is 1. The fraction of sp³-hybridized carbons (Fsp3) is 0.421. The van der Waals surface area contributed by atoms with E-state index in [2.05, 4.69) is 24.1 Å². The summed E-state index contributed by atoms with van der Waals surface area (Å²) in [6.07, 6.45) is 3.79. The normalized spacial score (nSPS) is 11.2. The second kappa shape index (κ2) is 8.31. The number of para-hydroxylation sites is 2. The van der Waals surface area contributed by atoms with Crippen molar-refractivity contribution in [3.8, 4) is 0 Å². The monoisotopic (exact) mass is 373 g/mol. The van der Waals surface area contributed by atoms with Gasteiger partial charge in [-0.1, -0.05) is 32.4 Å². The number of carbonyl (C=O) groups excluding carboxylic acids is 1. The van der Waals surface area contributed by atoms with Gasteiger partial charge in [-0.25, -0.2) is 9.78 Å². The molecular weight excluding hydrogens is 350 g/mol. The van der Waals surface area contributed by atoms with Crippen LogP contribution in [0.4, 0.5) is 5.13 Å². The van der Waals surface area contributed by atoms with E-state index in [1.165, 1.54) is 4.88 Å². The van der Waals surface area contributed by atoms with Gasteiger partial charge in [0.25, 0.3) is 0 Å². The summed E-state index contributed by atoms with van der Waals surface area (Å²) in [5, 5.41) is 3.55. The number of anilines is 1. The minimum atomic E-state index is -0.386. The maximum atomic E-state index is 12.2. The number of oxazole rings is 1. The van der Waals surface area contributed by atoms with E-state index >= 15 is 0 Å². The lowest BCUT2D eigenvalue weighted by atomic mass is 10.2. The molecular formula is C19H23N3O3S. The average molecular weight is 373 g/mol. The maximum Gasteiger partial charge on any atom is 0.419 e. The summed E-state index contributed by atoms with van der Waals surface area (Å²) in [6, 6.07) is 7.30. The lowest BCUT2D eigenvalue weighted by molar-refractivity contribution is -0.116. The molecule has 0 unspecified atom stereocenters. The van der Waals surface area contributed by atoms with E-state index < -0.39 is 0 Å². The molecule has 0 spiro atoms. The van der Waals surface area contributed by atoms with Crippen molar-refractivity contribution in [1.29, 1.82) is 0 Å². The first kappa shape index (κ1) is 18.4. The molecule has 2 heterocycles. The third-order valence-corrected chi connectivity index (χ3v) is 5.35. The van der Waals surface area contributed by atoms with Crippen molar-refractivity contribution >= 4 is 33.5 Å². The number of amides is 1. The minimum absolute atomic E-state index is 0.0784. The van der Waals surface area contributed by atoms with Crippen LogP contribution in [0.25, 0.3) is 11.1 Å². The van der Waals surface area contributed by atoms with E-state index in [1.54, 1.807) is 22.0 Å². The van der Waals surface area contributed by atoms with E-state index in [0.717, 1.165) is 30.5 Å². The third-order valence-electron chi connectivity index (χ3n) is 4.19. The lowest BCUT2D eigenvalue weighted by Gasteiger charge is -2.03. The van der Waals surface area contributed by atoms with Crippen molar-refractivity contribution in [3.05, 3.63) is 45.4 Å². The van der Waals surface area contributed by atoms with Gasteiger partial charge in [0, 0.05) is 17.8 Å². The molecule has 0 atom stereocenters. The Kier molecular flexibility index (Phi) is 5.88. The molecule has 7 heteroatoms. The highest BCUT2D eigenvalue weighted by molar-refractivity contribution is 7.15. The minimum Gasteiger partial charge on any atom is -0.408 e. The van der Waals surface area contributed by atoms with Gasteiger partial charge in [-0.15, -0.1) is 11.3 Å². The van der Waals surface area contributed by atoms with E-state index in [1.807, 2.05) is 18.2 Å². The standard InChI is InChI=1S/C19H23N3O3S/c1-3-8-13-16(4-2)26-18(20-13)21-17(23)11-7-12-22-14-9-5-6-10-15(14)25-19(22)24/h5-6,9-10H,3-4,7-8,11-12H2,1-2H3,(H,20,21,23). The van der Waals surface area contributed by atoms with Crippen molar-refractivity contribution in [3.63, 3.8) is 0 Å². The van der Waals surface area contributed by atoms with E-state index in [-0.39, 0.29) is 11.7 Å². The summed E-state index contributed by atoms with van der Waals surface area (Å²) in [4.78, 5) is 29.9. The molecule has 1 aromatic carbocycles. The van der Waals surface area contributed by atoms with Crippen LogP contribution in [0, 0.1) is 0 Å². The number of benzene rings is 1. The highest BCUT2D eigenvalue weighted by atomic mass is 32.1. The SMILES string of the molecule is CCCc1nc(NC(=O)CCCn2c(=O)oc3ccccc32)sc1CC. The largest absolute Gasteiger partial charge is 0.419 e. The summed E-state index contributed by atoms with van der Waals surface area (Å²) in [5.74, 6) is -0.464. The highest BCUT2D eigenvalue weighted by Gasteiger charge is 2.12. The molecule has 0 aliphatic rings. The van der Waals surface area contributed by atoms with Crippen molar-refractivity contribution in [1.82, 2.24) is 9.55 Å². The van der Waals surface area contributed by atoms with Crippen LogP contribution in [0.3, 0.4) is 0 Å². The van der Waals surface area contributed by atoms with Gasteiger partial charge in [-0.05, 0) is 31.4 Å². The Hall–Kier alpha value is -2.41. The molecule has 138 valence electrons. The topological polar surface area (TPSA) is 77.1 Å². The Bertz CT molecular complexity index is 954. The van der Waals surface area contributed by atoms with E-state index in [0.29, 0.717) is 30.1 Å². The number of nitrogens with zero attached hydrogens (tertiary/aromatic N) is 2. The summed E-state index contributed by atoms with van der Waals surface area (Å²) >= 11 is 1.55. The maximum absolute atomic E-state index is 12.2. The van der Waals surface area contributed by atoms with Crippen molar-refractivity contribution in [2.75, 3.05) is 5.32 Å². The Balaban J connectivity index is 1.57. The Morgan fingerprint density at radius 2 is 2.12 bits per heavy atom. The van der Waals surface area contributed by atoms with Crippen LogP contribution < -0.4 is 11.1 Å². The molecule has 0 fully saturated rings. The predicted molar refractivity (Wildman–Crippen MR) is 104 cm³/mol. The number of aryl methyl sites for hydroxylation is 3. The summed E-state index contributed by atoms with van der Waals surface area (Å²) in [5.41, 5.74) is 2.42. The second-order valence-corrected chi connectivity index (χ2v) is 7.22. The summed E-state index contributed by atoms with van der Waals surface area (Å²) in [6.45, 7) is 4.67. The number of thiazole rings is 1. The van der Waals surface area contributed by atoms with Crippen LogP contribution in [-0.4, -0.2) is 15.5 Å². The van der Waals surface area contributed by atoms with Crippen LogP contribution in [0.1, 0.15) is 43.7 Å². The molecule has 6 nitrogen and oxygen atoms in total. The molecule has 0 radical (unpaired) electrons. The molecule has 0 saturated carbocycles. The predicted octanol–water partition coefficient (Wildman–Crippen LogP) is 3.98. The number of aromatic nitrogens is 2. The first-order valence-corrected chi connectivity index (χ1v) is 9.80. The smallest absolute Gasteiger partial charge is 0.408 e. The zero-order valence-electron chi connectivity index (χ0n) is 15.1. The fourth-order valence-electron chi connectivity index (χ4n) is 2.95. The molecule has 1 amide bonds. The fourth-order valence-corrected chi connectivity index (χ4v) is 3.91. The highest BCUT2D eigenvalue weighted by Crippen LogP contribution is 2.25. The van der Waals surface area contributed by atoms with Gasteiger partial charge in [0.1, 0.15) is 0 Å². The zero-order chi connectivity index (χ0) is 18.5. The number of hydrogen-bond donors (Lipinski definition) is 1. The molecule has 0 saturated heterocycles. The molecule has 3 aromatic rings. The number of hydrogen-bond acceptors (Lipinski definition) is 5. The molecule has 26 heavy (non-hydrogen) atoms. The molecule has 0 aliphatic carbocycles. The van der Waals surface area contributed by atoms with Crippen molar-refractivity contribution < 1.29 is 9.21 Å². The Morgan fingerprint density at radius 1 is 1.31 bits per heavy atom. The number of nitrogens with one attached hydrogen (secondary N) is 1. The quantitative estimate of drug-likeness (QED) is 0.648. The summed E-state index contributed by atoms with van der Waals surface area (Å²) < 4.78 is 6.77. The lowest BCUT2D eigenvalue weighted by Crippen LogP contribution is -2.17. The average Bonchev–Trinajstić information content (AvgIpc) is 3.15. The molecule has 2 aromatic heterocycles. The number of rotatable bonds is 8. The molecule has 3 rings (SSSR count). The van der Waals surface area contributed by atoms with Crippen molar-refractivity contribution in [2.45, 2.75) is 52.5 Å². The molecule has 0 aliphatic heterocycles. The van der Waals surface area contributed by atoms with E-state index in [4.69, 9.17) is 4.42 Å². The van der Waals surface area contributed by atoms with Gasteiger partial charge in [-0.2, -0.15) is 0 Å². The van der Waals surface area contributed by atoms with Gasteiger partial charge >= 0.3 is 5.76 Å². The first-order valence-electron chi connectivity index (χ1n) is 8.99. The van der Waals surface area contributed by atoms with Crippen LogP contribution in [-0.2, 0) is 24.2 Å². The van der Waals surface area contributed by atoms with Crippen LogP contribution in [0.2, 0.25) is 0 Å². The summed E-state index contributed by atoms with van der Waals surface area (Å²) in [7, 11) is 0. The van der Waals surface area contributed by atoms with Crippen molar-refractivity contribution in [2.24, 2.45) is 0 Å². The van der Waals surface area contributed by atoms with Gasteiger partial charge in [0.15, 0.2) is 10.7 Å². The van der Waals surface area contributed by atoms with Gasteiger partial charge in [0.2, 0.25) is 5.91 Å². The van der Waals surface area contributed by atoms with Crippen LogP contribution >= 0.6 is 11.3 Å². The van der Waals surface area contributed by atoms with Gasteiger partial charge in [-0.3, -0.25) is 9.36 Å². The van der Waals surface area contributed by atoms with Gasteiger partial charge < -0.3 is 9.73 Å². The number of carbonyl (C=O) groups is 1. The Labute approximate surface area is 155 Å². The second-order valence-electron chi connectivity index (χ2n) is 6.13.